The summed E-state index contributed by atoms with van der Waals surface area (Å²) in [6, 6.07) is 8.67. The lowest BCUT2D eigenvalue weighted by Gasteiger charge is -2.18. The van der Waals surface area contributed by atoms with Crippen LogP contribution < -0.4 is 0 Å². The molecule has 1 aromatic carbocycles. The van der Waals surface area contributed by atoms with Gasteiger partial charge in [0.05, 0.1) is 5.92 Å². The maximum atomic E-state index is 12.0. The fourth-order valence-corrected chi connectivity index (χ4v) is 1.97. The van der Waals surface area contributed by atoms with Crippen molar-refractivity contribution in [3.8, 4) is 0 Å². The first kappa shape index (κ1) is 10.7. The van der Waals surface area contributed by atoms with E-state index >= 15 is 0 Å². The lowest BCUT2D eigenvalue weighted by Crippen LogP contribution is -2.34. The molecule has 3 heteroatoms. The molecule has 0 aromatic heterocycles. The van der Waals surface area contributed by atoms with Crippen molar-refractivity contribution < 1.29 is 14.4 Å². The molecule has 1 fully saturated rings. The second kappa shape index (κ2) is 4.39. The van der Waals surface area contributed by atoms with Crippen LogP contribution in [0.3, 0.4) is 0 Å². The van der Waals surface area contributed by atoms with Gasteiger partial charge in [0.15, 0.2) is 11.6 Å². The van der Waals surface area contributed by atoms with Crippen molar-refractivity contribution in [3.63, 3.8) is 0 Å². The van der Waals surface area contributed by atoms with Gasteiger partial charge in [0, 0.05) is 12.0 Å². The molecule has 0 amide bonds. The molecule has 0 heterocycles. The molecule has 0 spiro atoms. The highest BCUT2D eigenvalue weighted by Crippen LogP contribution is 2.22. The Hall–Kier alpha value is -1.77. The van der Waals surface area contributed by atoms with E-state index in [9.17, 15) is 14.4 Å². The van der Waals surface area contributed by atoms with Gasteiger partial charge in [0.1, 0.15) is 0 Å². The van der Waals surface area contributed by atoms with E-state index in [4.69, 9.17) is 0 Å². The summed E-state index contributed by atoms with van der Waals surface area (Å²) in [7, 11) is 0. The summed E-state index contributed by atoms with van der Waals surface area (Å²) in [5.41, 5.74) is 0.510. The summed E-state index contributed by atoms with van der Waals surface area (Å²) in [4.78, 5) is 34.8. The van der Waals surface area contributed by atoms with Gasteiger partial charge in [-0.1, -0.05) is 30.3 Å². The molecule has 0 bridgehead atoms. The topological polar surface area (TPSA) is 51.2 Å². The second-order valence-corrected chi connectivity index (χ2v) is 3.96. The van der Waals surface area contributed by atoms with E-state index in [1.54, 1.807) is 24.3 Å². The first-order valence-corrected chi connectivity index (χ1v) is 5.36. The van der Waals surface area contributed by atoms with Crippen LogP contribution in [-0.2, 0) is 9.59 Å². The maximum absolute atomic E-state index is 12.0. The Morgan fingerprint density at radius 3 is 2.50 bits per heavy atom. The molecule has 16 heavy (non-hydrogen) atoms. The maximum Gasteiger partial charge on any atom is 0.209 e. The summed E-state index contributed by atoms with van der Waals surface area (Å²) < 4.78 is 0. The van der Waals surface area contributed by atoms with E-state index in [1.807, 2.05) is 6.07 Å². The van der Waals surface area contributed by atoms with Crippen LogP contribution in [-0.4, -0.2) is 17.3 Å². The highest BCUT2D eigenvalue weighted by Gasteiger charge is 2.34. The molecule has 0 aliphatic heterocycles. The average molecular weight is 216 g/mol. The molecule has 1 unspecified atom stereocenters. The number of hydrogen-bond acceptors (Lipinski definition) is 3. The van der Waals surface area contributed by atoms with Gasteiger partial charge in [-0.25, -0.2) is 0 Å². The first-order chi connectivity index (χ1) is 7.70. The van der Waals surface area contributed by atoms with E-state index < -0.39 is 17.5 Å². The predicted octanol–water partition coefficient (Wildman–Crippen LogP) is 1.81. The van der Waals surface area contributed by atoms with E-state index in [0.29, 0.717) is 18.4 Å². The molecule has 82 valence electrons. The van der Waals surface area contributed by atoms with E-state index in [2.05, 4.69) is 0 Å². The number of carbonyl (C=O) groups is 3. The van der Waals surface area contributed by atoms with Crippen LogP contribution in [0, 0.1) is 5.92 Å². The molecular formula is C13H12O3. The Morgan fingerprint density at radius 1 is 1.12 bits per heavy atom. The van der Waals surface area contributed by atoms with Crippen molar-refractivity contribution in [1.82, 2.24) is 0 Å². The van der Waals surface area contributed by atoms with Crippen LogP contribution in [0.15, 0.2) is 30.3 Å². The Balaban J connectivity index is 2.22. The summed E-state index contributed by atoms with van der Waals surface area (Å²) in [6.07, 6.45) is 1.42. The average Bonchev–Trinajstić information content (AvgIpc) is 2.33. The fourth-order valence-electron chi connectivity index (χ4n) is 1.97. The molecule has 1 aliphatic carbocycles. The summed E-state index contributed by atoms with van der Waals surface area (Å²) in [6.45, 7) is 0. The molecular weight excluding hydrogens is 204 g/mol. The molecule has 0 N–H and O–H groups in total. The van der Waals surface area contributed by atoms with Gasteiger partial charge in [0.25, 0.3) is 0 Å². The quantitative estimate of drug-likeness (QED) is 0.430. The zero-order chi connectivity index (χ0) is 11.5. The third-order valence-corrected chi connectivity index (χ3v) is 2.86. The Bertz CT molecular complexity index is 434. The summed E-state index contributed by atoms with van der Waals surface area (Å²) in [5.74, 6) is -1.89. The van der Waals surface area contributed by atoms with Gasteiger partial charge < -0.3 is 0 Å². The number of rotatable bonds is 2. The van der Waals surface area contributed by atoms with Crippen LogP contribution >= 0.6 is 0 Å². The highest BCUT2D eigenvalue weighted by atomic mass is 16.2. The highest BCUT2D eigenvalue weighted by molar-refractivity contribution is 6.42. The van der Waals surface area contributed by atoms with E-state index in [0.717, 1.165) is 0 Å². The van der Waals surface area contributed by atoms with Gasteiger partial charge in [0.2, 0.25) is 5.78 Å². The molecule has 2 rings (SSSR count). The van der Waals surface area contributed by atoms with Crippen LogP contribution in [0.5, 0.6) is 0 Å². The first-order valence-electron chi connectivity index (χ1n) is 5.36. The van der Waals surface area contributed by atoms with Crippen molar-refractivity contribution in [2.45, 2.75) is 19.3 Å². The van der Waals surface area contributed by atoms with Crippen LogP contribution in [0.1, 0.15) is 29.6 Å². The van der Waals surface area contributed by atoms with Gasteiger partial charge in [-0.05, 0) is 12.8 Å². The third-order valence-electron chi connectivity index (χ3n) is 2.86. The number of Topliss-reactive ketones (excluding diaryl/α,β-unsaturated/α-hetero) is 3. The molecule has 0 radical (unpaired) electrons. The van der Waals surface area contributed by atoms with Gasteiger partial charge >= 0.3 is 0 Å². The molecule has 1 atom stereocenters. The lowest BCUT2D eigenvalue weighted by molar-refractivity contribution is -0.139. The molecule has 1 aromatic rings. The number of ketones is 3. The van der Waals surface area contributed by atoms with E-state index in [-0.39, 0.29) is 12.2 Å². The smallest absolute Gasteiger partial charge is 0.209 e. The minimum atomic E-state index is -0.747. The van der Waals surface area contributed by atoms with Crippen molar-refractivity contribution in [1.29, 1.82) is 0 Å². The SMILES string of the molecule is O=C1CCCC(C(=O)c2ccccc2)C1=O. The Labute approximate surface area is 93.5 Å². The van der Waals surface area contributed by atoms with Crippen LogP contribution in [0.4, 0.5) is 0 Å². The van der Waals surface area contributed by atoms with Gasteiger partial charge in [-0.15, -0.1) is 0 Å². The van der Waals surface area contributed by atoms with Crippen molar-refractivity contribution in [2.75, 3.05) is 0 Å². The van der Waals surface area contributed by atoms with Crippen molar-refractivity contribution in [2.24, 2.45) is 5.92 Å². The molecule has 1 aliphatic rings. The zero-order valence-corrected chi connectivity index (χ0v) is 8.81. The minimum Gasteiger partial charge on any atom is -0.293 e. The van der Waals surface area contributed by atoms with Gasteiger partial charge in [-0.2, -0.15) is 0 Å². The second-order valence-electron chi connectivity index (χ2n) is 3.96. The zero-order valence-electron chi connectivity index (χ0n) is 8.81. The van der Waals surface area contributed by atoms with Crippen LogP contribution in [0.25, 0.3) is 0 Å². The lowest BCUT2D eigenvalue weighted by atomic mass is 9.82. The summed E-state index contributed by atoms with van der Waals surface area (Å²) >= 11 is 0. The predicted molar refractivity (Wildman–Crippen MR) is 58.1 cm³/mol. The Kier molecular flexibility index (Phi) is 2.95. The Morgan fingerprint density at radius 2 is 1.81 bits per heavy atom. The van der Waals surface area contributed by atoms with E-state index in [1.165, 1.54) is 0 Å². The third kappa shape index (κ3) is 1.94. The van der Waals surface area contributed by atoms with Crippen molar-refractivity contribution in [3.05, 3.63) is 35.9 Å². The minimum absolute atomic E-state index is 0.223. The monoisotopic (exact) mass is 216 g/mol. The summed E-state index contributed by atoms with van der Waals surface area (Å²) in [5, 5.41) is 0. The number of carbonyl (C=O) groups excluding carboxylic acids is 3. The van der Waals surface area contributed by atoms with Gasteiger partial charge in [-0.3, -0.25) is 14.4 Å². The fraction of sp³-hybridized carbons (Fsp3) is 0.308. The normalized spacial score (nSPS) is 20.9. The van der Waals surface area contributed by atoms with Crippen LogP contribution in [0.2, 0.25) is 0 Å². The molecule has 3 nitrogen and oxygen atoms in total. The standard InChI is InChI=1S/C13H12O3/c14-11-8-4-7-10(13(11)16)12(15)9-5-2-1-3-6-9/h1-3,5-6,10H,4,7-8H2. The number of hydrogen-bond donors (Lipinski definition) is 0. The molecule has 1 saturated carbocycles. The van der Waals surface area contributed by atoms with Crippen molar-refractivity contribution >= 4 is 17.3 Å². The molecule has 0 saturated heterocycles. The number of benzene rings is 1. The largest absolute Gasteiger partial charge is 0.293 e.